The summed E-state index contributed by atoms with van der Waals surface area (Å²) >= 11 is 1.66. The summed E-state index contributed by atoms with van der Waals surface area (Å²) in [4.78, 5) is 15.1. The summed E-state index contributed by atoms with van der Waals surface area (Å²) in [5.41, 5.74) is 0.877. The van der Waals surface area contributed by atoms with E-state index in [0.29, 0.717) is 6.04 Å². The van der Waals surface area contributed by atoms with Gasteiger partial charge in [-0.05, 0) is 38.4 Å². The maximum Gasteiger partial charge on any atom is 0.255 e. The van der Waals surface area contributed by atoms with Crippen LogP contribution < -0.4 is 5.32 Å². The first-order valence-corrected chi connectivity index (χ1v) is 8.67. The molecule has 0 spiro atoms. The molecule has 2 heterocycles. The van der Waals surface area contributed by atoms with Gasteiger partial charge in [0.15, 0.2) is 0 Å². The van der Waals surface area contributed by atoms with Gasteiger partial charge in [-0.3, -0.25) is 4.79 Å². The number of nitrogens with zero attached hydrogens (tertiary/aromatic N) is 1. The van der Waals surface area contributed by atoms with Crippen LogP contribution >= 0.6 is 11.3 Å². The van der Waals surface area contributed by atoms with E-state index in [9.17, 15) is 4.79 Å². The average Bonchev–Trinajstić information content (AvgIpc) is 2.97. The number of piperidine rings is 1. The second kappa shape index (κ2) is 6.58. The molecule has 2 aromatic rings. The molecule has 0 radical (unpaired) electrons. The Balaban J connectivity index is 1.89. The molecule has 3 nitrogen and oxygen atoms in total. The van der Waals surface area contributed by atoms with Crippen molar-refractivity contribution in [2.75, 3.05) is 19.6 Å². The van der Waals surface area contributed by atoms with E-state index >= 15 is 0 Å². The molecule has 1 aromatic carbocycles. The zero-order chi connectivity index (χ0) is 14.7. The van der Waals surface area contributed by atoms with Crippen LogP contribution in [0.3, 0.4) is 0 Å². The Morgan fingerprint density at radius 1 is 1.33 bits per heavy atom. The highest BCUT2D eigenvalue weighted by atomic mass is 32.1. The highest BCUT2D eigenvalue weighted by Crippen LogP contribution is 2.28. The molecule has 0 saturated carbocycles. The van der Waals surface area contributed by atoms with Crippen molar-refractivity contribution in [2.45, 2.75) is 32.2 Å². The summed E-state index contributed by atoms with van der Waals surface area (Å²) < 4.78 is 1.20. The first-order valence-electron chi connectivity index (χ1n) is 7.79. The van der Waals surface area contributed by atoms with E-state index in [0.717, 1.165) is 49.8 Å². The third-order valence-electron chi connectivity index (χ3n) is 4.19. The Bertz CT molecular complexity index is 616. The number of thiophene rings is 1. The van der Waals surface area contributed by atoms with Crippen molar-refractivity contribution in [1.29, 1.82) is 0 Å². The van der Waals surface area contributed by atoms with Gasteiger partial charge in [0.05, 0.1) is 5.56 Å². The van der Waals surface area contributed by atoms with Crippen LogP contribution in [0.4, 0.5) is 0 Å². The highest BCUT2D eigenvalue weighted by Gasteiger charge is 2.26. The van der Waals surface area contributed by atoms with Gasteiger partial charge in [0.1, 0.15) is 0 Å². The molecule has 1 amide bonds. The summed E-state index contributed by atoms with van der Waals surface area (Å²) in [5, 5.41) is 6.50. The van der Waals surface area contributed by atoms with Gasteiger partial charge in [0.2, 0.25) is 0 Å². The van der Waals surface area contributed by atoms with Gasteiger partial charge in [-0.1, -0.05) is 25.1 Å². The summed E-state index contributed by atoms with van der Waals surface area (Å²) in [7, 11) is 0. The monoisotopic (exact) mass is 302 g/mol. The van der Waals surface area contributed by atoms with Crippen LogP contribution in [0.5, 0.6) is 0 Å². The number of carbonyl (C=O) groups excluding carboxylic acids is 1. The van der Waals surface area contributed by atoms with E-state index in [-0.39, 0.29) is 5.91 Å². The van der Waals surface area contributed by atoms with Crippen molar-refractivity contribution in [3.05, 3.63) is 35.2 Å². The molecule has 112 valence electrons. The lowest BCUT2D eigenvalue weighted by atomic mass is 10.0. The van der Waals surface area contributed by atoms with Crippen molar-refractivity contribution >= 4 is 27.3 Å². The van der Waals surface area contributed by atoms with Crippen LogP contribution in [-0.2, 0) is 0 Å². The summed E-state index contributed by atoms with van der Waals surface area (Å²) in [6.45, 7) is 5.03. The van der Waals surface area contributed by atoms with Crippen LogP contribution in [0.25, 0.3) is 10.1 Å². The number of hydrogen-bond acceptors (Lipinski definition) is 3. The Labute approximate surface area is 130 Å². The van der Waals surface area contributed by atoms with E-state index in [1.165, 1.54) is 4.70 Å². The van der Waals surface area contributed by atoms with Crippen molar-refractivity contribution in [1.82, 2.24) is 10.2 Å². The van der Waals surface area contributed by atoms with Crippen molar-refractivity contribution < 1.29 is 4.79 Å². The average molecular weight is 302 g/mol. The molecule has 1 N–H and O–H groups in total. The standard InChI is InChI=1S/C17H22N2OS/c1-2-11-19(13-7-9-18-10-8-13)17(20)15-12-21-16-6-4-3-5-14(15)16/h3-6,12-13,18H,2,7-11H2,1H3. The molecule has 1 saturated heterocycles. The maximum absolute atomic E-state index is 13.0. The first-order chi connectivity index (χ1) is 10.3. The molecular weight excluding hydrogens is 280 g/mol. The Kier molecular flexibility index (Phi) is 4.56. The fourth-order valence-electron chi connectivity index (χ4n) is 3.11. The molecule has 0 unspecified atom stereocenters. The van der Waals surface area contributed by atoms with Crippen LogP contribution in [0, 0.1) is 0 Å². The van der Waals surface area contributed by atoms with Crippen molar-refractivity contribution in [2.24, 2.45) is 0 Å². The van der Waals surface area contributed by atoms with Gasteiger partial charge >= 0.3 is 0 Å². The van der Waals surface area contributed by atoms with Crippen LogP contribution in [-0.4, -0.2) is 36.5 Å². The fraction of sp³-hybridized carbons (Fsp3) is 0.471. The molecule has 3 rings (SSSR count). The number of benzene rings is 1. The van der Waals surface area contributed by atoms with E-state index in [2.05, 4.69) is 29.3 Å². The summed E-state index contributed by atoms with van der Waals surface area (Å²) in [5.74, 6) is 0.209. The minimum Gasteiger partial charge on any atom is -0.336 e. The normalized spacial score (nSPS) is 16.2. The predicted molar refractivity (Wildman–Crippen MR) is 89.0 cm³/mol. The molecule has 0 bridgehead atoms. The highest BCUT2D eigenvalue weighted by molar-refractivity contribution is 7.17. The lowest BCUT2D eigenvalue weighted by Gasteiger charge is -2.34. The van der Waals surface area contributed by atoms with Crippen molar-refractivity contribution in [3.8, 4) is 0 Å². The molecule has 1 aliphatic rings. The molecule has 0 atom stereocenters. The predicted octanol–water partition coefficient (Wildman–Crippen LogP) is 3.51. The first kappa shape index (κ1) is 14.5. The van der Waals surface area contributed by atoms with E-state index in [1.54, 1.807) is 11.3 Å². The van der Waals surface area contributed by atoms with Gasteiger partial charge in [0, 0.05) is 28.1 Å². The van der Waals surface area contributed by atoms with Crippen molar-refractivity contribution in [3.63, 3.8) is 0 Å². The number of nitrogens with one attached hydrogen (secondary N) is 1. The third-order valence-corrected chi connectivity index (χ3v) is 5.15. The smallest absolute Gasteiger partial charge is 0.255 e. The molecule has 21 heavy (non-hydrogen) atoms. The topological polar surface area (TPSA) is 32.3 Å². The van der Waals surface area contributed by atoms with Crippen LogP contribution in [0.15, 0.2) is 29.6 Å². The molecular formula is C17H22N2OS. The zero-order valence-corrected chi connectivity index (χ0v) is 13.3. The maximum atomic E-state index is 13.0. The lowest BCUT2D eigenvalue weighted by Crippen LogP contribution is -2.46. The molecule has 1 aromatic heterocycles. The van der Waals surface area contributed by atoms with E-state index in [4.69, 9.17) is 0 Å². The Hall–Kier alpha value is -1.39. The van der Waals surface area contributed by atoms with Gasteiger partial charge in [-0.2, -0.15) is 0 Å². The lowest BCUT2D eigenvalue weighted by molar-refractivity contribution is 0.0645. The quantitative estimate of drug-likeness (QED) is 0.937. The number of amides is 1. The molecule has 1 fully saturated rings. The summed E-state index contributed by atoms with van der Waals surface area (Å²) in [6, 6.07) is 8.58. The van der Waals surface area contributed by atoms with Crippen LogP contribution in [0.1, 0.15) is 36.5 Å². The number of hydrogen-bond donors (Lipinski definition) is 1. The van der Waals surface area contributed by atoms with Gasteiger partial charge in [-0.15, -0.1) is 11.3 Å². The number of fused-ring (bicyclic) bond motifs is 1. The van der Waals surface area contributed by atoms with Gasteiger partial charge < -0.3 is 10.2 Å². The third kappa shape index (κ3) is 2.97. The fourth-order valence-corrected chi connectivity index (χ4v) is 4.04. The molecule has 4 heteroatoms. The zero-order valence-electron chi connectivity index (χ0n) is 12.5. The second-order valence-corrected chi connectivity index (χ2v) is 6.54. The largest absolute Gasteiger partial charge is 0.336 e. The SMILES string of the molecule is CCCN(C(=O)c1csc2ccccc12)C1CCNCC1. The minimum atomic E-state index is 0.209. The molecule has 0 aliphatic carbocycles. The van der Waals surface area contributed by atoms with Crippen LogP contribution in [0.2, 0.25) is 0 Å². The van der Waals surface area contributed by atoms with E-state index < -0.39 is 0 Å². The Morgan fingerprint density at radius 2 is 2.10 bits per heavy atom. The Morgan fingerprint density at radius 3 is 2.86 bits per heavy atom. The summed E-state index contributed by atoms with van der Waals surface area (Å²) in [6.07, 6.45) is 3.14. The second-order valence-electron chi connectivity index (χ2n) is 5.63. The minimum absolute atomic E-state index is 0.209. The van der Waals surface area contributed by atoms with Gasteiger partial charge in [-0.25, -0.2) is 0 Å². The van der Waals surface area contributed by atoms with E-state index in [1.807, 2.05) is 17.5 Å². The number of rotatable bonds is 4. The molecule has 1 aliphatic heterocycles. The van der Waals surface area contributed by atoms with Gasteiger partial charge in [0.25, 0.3) is 5.91 Å². The number of carbonyl (C=O) groups is 1.